The summed E-state index contributed by atoms with van der Waals surface area (Å²) in [7, 11) is 3.28. The van der Waals surface area contributed by atoms with Gasteiger partial charge in [0.15, 0.2) is 16.6 Å². The van der Waals surface area contributed by atoms with E-state index in [0.717, 1.165) is 61.4 Å². The number of methoxy groups -OCH3 is 2. The second kappa shape index (κ2) is 10.2. The summed E-state index contributed by atoms with van der Waals surface area (Å²) in [6, 6.07) is 11.7. The fraction of sp³-hybridized carbons (Fsp3) is 0.381. The van der Waals surface area contributed by atoms with Gasteiger partial charge in [0.2, 0.25) is 0 Å². The lowest BCUT2D eigenvalue weighted by atomic mass is 10.1. The number of hydrogen-bond acceptors (Lipinski definition) is 4. The number of piperazine rings is 1. The van der Waals surface area contributed by atoms with Crippen LogP contribution in [0.4, 0.5) is 5.69 Å². The SMILES string of the molecule is COc1ccc(CCNC(=S)N2CCN(c3ccc(Cl)c(Cl)c3)CC2)cc1OC. The van der Waals surface area contributed by atoms with Crippen molar-refractivity contribution in [2.45, 2.75) is 6.42 Å². The third-order valence-electron chi connectivity index (χ3n) is 4.97. The van der Waals surface area contributed by atoms with Crippen molar-refractivity contribution < 1.29 is 9.47 Å². The molecule has 0 aromatic heterocycles. The molecule has 0 radical (unpaired) electrons. The molecule has 8 heteroatoms. The Morgan fingerprint density at radius 1 is 0.966 bits per heavy atom. The Balaban J connectivity index is 1.46. The molecular formula is C21H25Cl2N3O2S. The van der Waals surface area contributed by atoms with E-state index in [0.29, 0.717) is 10.0 Å². The van der Waals surface area contributed by atoms with Crippen LogP contribution in [-0.2, 0) is 6.42 Å². The van der Waals surface area contributed by atoms with Gasteiger partial charge in [-0.2, -0.15) is 0 Å². The molecule has 29 heavy (non-hydrogen) atoms. The van der Waals surface area contributed by atoms with Crippen LogP contribution in [0.5, 0.6) is 11.5 Å². The molecule has 0 atom stereocenters. The molecule has 2 aromatic rings. The number of halogens is 2. The molecule has 0 amide bonds. The summed E-state index contributed by atoms with van der Waals surface area (Å²) in [5.41, 5.74) is 2.26. The summed E-state index contributed by atoms with van der Waals surface area (Å²) in [5.74, 6) is 1.48. The van der Waals surface area contributed by atoms with Crippen LogP contribution in [0.1, 0.15) is 5.56 Å². The topological polar surface area (TPSA) is 37.0 Å². The fourth-order valence-corrected chi connectivity index (χ4v) is 3.89. The molecule has 0 spiro atoms. The summed E-state index contributed by atoms with van der Waals surface area (Å²) in [4.78, 5) is 4.50. The predicted octanol–water partition coefficient (Wildman–Crippen LogP) is 4.25. The molecule has 1 fully saturated rings. The van der Waals surface area contributed by atoms with Crippen molar-refractivity contribution >= 4 is 46.2 Å². The van der Waals surface area contributed by atoms with E-state index in [4.69, 9.17) is 44.9 Å². The Kier molecular flexibility index (Phi) is 7.70. The number of ether oxygens (including phenoxy) is 2. The average molecular weight is 454 g/mol. The summed E-state index contributed by atoms with van der Waals surface area (Å²) in [6.45, 7) is 4.26. The average Bonchev–Trinajstić information content (AvgIpc) is 2.75. The van der Waals surface area contributed by atoms with E-state index in [9.17, 15) is 0 Å². The van der Waals surface area contributed by atoms with Crippen LogP contribution >= 0.6 is 35.4 Å². The van der Waals surface area contributed by atoms with E-state index in [1.165, 1.54) is 5.56 Å². The van der Waals surface area contributed by atoms with Crippen molar-refractivity contribution in [2.24, 2.45) is 0 Å². The molecule has 1 aliphatic rings. The highest BCUT2D eigenvalue weighted by Crippen LogP contribution is 2.28. The quantitative estimate of drug-likeness (QED) is 0.658. The molecule has 3 rings (SSSR count). The predicted molar refractivity (Wildman–Crippen MR) is 124 cm³/mol. The third-order valence-corrected chi connectivity index (χ3v) is 6.11. The Bertz CT molecular complexity index is 858. The van der Waals surface area contributed by atoms with E-state index >= 15 is 0 Å². The number of rotatable bonds is 6. The van der Waals surface area contributed by atoms with Gasteiger partial charge in [-0.3, -0.25) is 0 Å². The summed E-state index contributed by atoms with van der Waals surface area (Å²) in [6.07, 6.45) is 0.851. The second-order valence-corrected chi connectivity index (χ2v) is 7.94. The monoisotopic (exact) mass is 453 g/mol. The first kappa shape index (κ1) is 21.8. The first-order chi connectivity index (χ1) is 14.0. The molecule has 156 valence electrons. The molecule has 0 unspecified atom stereocenters. The van der Waals surface area contributed by atoms with E-state index < -0.39 is 0 Å². The first-order valence-corrected chi connectivity index (χ1v) is 10.6. The molecule has 0 saturated carbocycles. The Labute approximate surface area is 187 Å². The zero-order valence-corrected chi connectivity index (χ0v) is 18.9. The standard InChI is InChI=1S/C21H25Cl2N3O2S/c1-27-19-6-3-15(13-20(19)28-2)7-8-24-21(29)26-11-9-25(10-12-26)16-4-5-17(22)18(23)14-16/h3-6,13-14H,7-12H2,1-2H3,(H,24,29). The van der Waals surface area contributed by atoms with E-state index in [2.05, 4.69) is 15.1 Å². The van der Waals surface area contributed by atoms with Crippen LogP contribution in [0.3, 0.4) is 0 Å². The minimum absolute atomic E-state index is 0.578. The number of nitrogens with zero attached hydrogens (tertiary/aromatic N) is 2. The highest BCUT2D eigenvalue weighted by Gasteiger charge is 2.19. The maximum atomic E-state index is 6.14. The number of hydrogen-bond donors (Lipinski definition) is 1. The molecule has 1 saturated heterocycles. The van der Waals surface area contributed by atoms with Gasteiger partial charge < -0.3 is 24.6 Å². The lowest BCUT2D eigenvalue weighted by Crippen LogP contribution is -2.52. The van der Waals surface area contributed by atoms with Crippen LogP contribution in [-0.4, -0.2) is 57.0 Å². The number of thiocarbonyl (C=S) groups is 1. The maximum Gasteiger partial charge on any atom is 0.169 e. The molecule has 0 aliphatic carbocycles. The Morgan fingerprint density at radius 3 is 2.34 bits per heavy atom. The first-order valence-electron chi connectivity index (χ1n) is 9.45. The van der Waals surface area contributed by atoms with Gasteiger partial charge in [0, 0.05) is 38.4 Å². The smallest absolute Gasteiger partial charge is 0.169 e. The van der Waals surface area contributed by atoms with Gasteiger partial charge in [0.1, 0.15) is 0 Å². The van der Waals surface area contributed by atoms with Gasteiger partial charge in [-0.25, -0.2) is 0 Å². The highest BCUT2D eigenvalue weighted by atomic mass is 35.5. The van der Waals surface area contributed by atoms with Crippen LogP contribution in [0.25, 0.3) is 0 Å². The van der Waals surface area contributed by atoms with Crippen LogP contribution < -0.4 is 19.7 Å². The third kappa shape index (κ3) is 5.59. The van der Waals surface area contributed by atoms with E-state index in [1.54, 1.807) is 14.2 Å². The molecule has 2 aromatic carbocycles. The molecule has 0 bridgehead atoms. The largest absolute Gasteiger partial charge is 0.493 e. The molecular weight excluding hydrogens is 429 g/mol. The van der Waals surface area contributed by atoms with Gasteiger partial charge in [-0.1, -0.05) is 29.3 Å². The van der Waals surface area contributed by atoms with E-state index in [1.807, 2.05) is 36.4 Å². The normalized spacial score (nSPS) is 13.9. The van der Waals surface area contributed by atoms with Crippen molar-refractivity contribution in [1.82, 2.24) is 10.2 Å². The van der Waals surface area contributed by atoms with Gasteiger partial charge in [0.05, 0.1) is 24.3 Å². The molecule has 1 heterocycles. The van der Waals surface area contributed by atoms with Gasteiger partial charge in [0.25, 0.3) is 0 Å². The summed E-state index contributed by atoms with van der Waals surface area (Å²) >= 11 is 17.7. The van der Waals surface area contributed by atoms with Crippen LogP contribution in [0.2, 0.25) is 10.0 Å². The zero-order chi connectivity index (χ0) is 20.8. The second-order valence-electron chi connectivity index (χ2n) is 6.74. The number of nitrogens with one attached hydrogen (secondary N) is 1. The lowest BCUT2D eigenvalue weighted by molar-refractivity contribution is 0.354. The van der Waals surface area contributed by atoms with Gasteiger partial charge in [-0.15, -0.1) is 0 Å². The van der Waals surface area contributed by atoms with Crippen LogP contribution in [0.15, 0.2) is 36.4 Å². The molecule has 1 aliphatic heterocycles. The fourth-order valence-electron chi connectivity index (χ4n) is 3.31. The Hall–Kier alpha value is -1.89. The minimum atomic E-state index is 0.578. The zero-order valence-electron chi connectivity index (χ0n) is 16.6. The summed E-state index contributed by atoms with van der Waals surface area (Å²) in [5, 5.41) is 5.32. The number of benzene rings is 2. The maximum absolute atomic E-state index is 6.14. The lowest BCUT2D eigenvalue weighted by Gasteiger charge is -2.37. The van der Waals surface area contributed by atoms with Crippen molar-refractivity contribution in [3.05, 3.63) is 52.0 Å². The molecule has 5 nitrogen and oxygen atoms in total. The van der Waals surface area contributed by atoms with Crippen molar-refractivity contribution in [1.29, 1.82) is 0 Å². The van der Waals surface area contributed by atoms with Gasteiger partial charge in [-0.05, 0) is 54.5 Å². The molecule has 1 N–H and O–H groups in total. The summed E-state index contributed by atoms with van der Waals surface area (Å²) < 4.78 is 10.6. The number of anilines is 1. The van der Waals surface area contributed by atoms with Crippen LogP contribution in [0, 0.1) is 0 Å². The van der Waals surface area contributed by atoms with Gasteiger partial charge >= 0.3 is 0 Å². The van der Waals surface area contributed by atoms with Crippen molar-refractivity contribution in [3.63, 3.8) is 0 Å². The minimum Gasteiger partial charge on any atom is -0.493 e. The van der Waals surface area contributed by atoms with E-state index in [-0.39, 0.29) is 0 Å². The Morgan fingerprint density at radius 2 is 1.69 bits per heavy atom. The highest BCUT2D eigenvalue weighted by molar-refractivity contribution is 7.80. The van der Waals surface area contributed by atoms with Crippen molar-refractivity contribution in [2.75, 3.05) is 51.8 Å². The van der Waals surface area contributed by atoms with Crippen molar-refractivity contribution in [3.8, 4) is 11.5 Å².